The minimum atomic E-state index is -6.01. The molecular weight excluding hydrogens is 350 g/mol. The molecule has 0 amide bonds. The van der Waals surface area contributed by atoms with Gasteiger partial charge in [0.25, 0.3) is 6.10 Å². The smallest absolute Gasteiger partial charge is 0.423 e. The monoisotopic (exact) mass is 360 g/mol. The summed E-state index contributed by atoms with van der Waals surface area (Å²) in [6, 6.07) is 0. The molecule has 8 nitrogen and oxygen atoms in total. The number of carbonyl (C=O) groups is 2. The van der Waals surface area contributed by atoms with Crippen LogP contribution in [-0.2, 0) is 23.8 Å². The Morgan fingerprint density at radius 1 is 1.04 bits per heavy atom. The first-order chi connectivity index (χ1) is 10.3. The van der Waals surface area contributed by atoms with E-state index in [1.165, 1.54) is 0 Å². The molecule has 0 heterocycles. The number of esters is 1. The van der Waals surface area contributed by atoms with Crippen LogP contribution in [0.5, 0.6) is 0 Å². The number of hydrogen-bond acceptors (Lipinski definition) is 7. The molecule has 0 bridgehead atoms. The zero-order valence-corrected chi connectivity index (χ0v) is 10.8. The molecule has 2 atom stereocenters. The fourth-order valence-corrected chi connectivity index (χ4v) is 1.09. The summed E-state index contributed by atoms with van der Waals surface area (Å²) in [6.45, 7) is -2.08. The van der Waals surface area contributed by atoms with E-state index in [0.717, 1.165) is 0 Å². The molecule has 2 unspecified atom stereocenters. The average Bonchev–Trinajstić information content (AvgIpc) is 2.36. The fourth-order valence-electron chi connectivity index (χ4n) is 1.09. The summed E-state index contributed by atoms with van der Waals surface area (Å²) < 4.78 is 84.5. The lowest BCUT2D eigenvalue weighted by Gasteiger charge is -2.27. The van der Waals surface area contributed by atoms with Crippen LogP contribution in [0.15, 0.2) is 0 Å². The number of hydrogen-bond donors (Lipinski definition) is 3. The zero-order valence-electron chi connectivity index (χ0n) is 10.8. The Kier molecular flexibility index (Phi) is 7.69. The number of aliphatic carboxylic acids is 1. The number of halogens is 6. The van der Waals surface area contributed by atoms with Crippen molar-refractivity contribution in [3.63, 3.8) is 0 Å². The summed E-state index contributed by atoms with van der Waals surface area (Å²) in [5.41, 5.74) is 0. The van der Waals surface area contributed by atoms with Gasteiger partial charge in [-0.25, -0.2) is 9.59 Å². The molecule has 0 spiro atoms. The van der Waals surface area contributed by atoms with Gasteiger partial charge in [0.15, 0.2) is 0 Å². The number of ether oxygens (including phenoxy) is 3. The molecule has 0 aromatic heterocycles. The standard InChI is InChI=1S/C9H10F6O8/c10-8(11,12)7(9(13,14)15)23-6(20)4(5(18)19)22-3(17)1-21-2-16/h4,6-7,16,20H,1-2H2,(H,18,19). The first-order valence-electron chi connectivity index (χ1n) is 5.38. The molecule has 0 saturated heterocycles. The lowest BCUT2D eigenvalue weighted by molar-refractivity contribution is -0.355. The molecule has 3 N–H and O–H groups in total. The van der Waals surface area contributed by atoms with Crippen molar-refractivity contribution in [2.45, 2.75) is 30.9 Å². The highest BCUT2D eigenvalue weighted by atomic mass is 19.4. The Morgan fingerprint density at radius 3 is 1.87 bits per heavy atom. The van der Waals surface area contributed by atoms with Crippen molar-refractivity contribution < 1.29 is 65.5 Å². The molecule has 0 aromatic carbocycles. The molecule has 14 heteroatoms. The summed E-state index contributed by atoms with van der Waals surface area (Å²) in [5, 5.41) is 25.8. The Morgan fingerprint density at radius 2 is 1.52 bits per heavy atom. The number of carbonyl (C=O) groups excluding carboxylic acids is 1. The molecule has 0 fully saturated rings. The third-order valence-corrected chi connectivity index (χ3v) is 1.94. The Bertz CT molecular complexity index is 394. The van der Waals surface area contributed by atoms with Gasteiger partial charge >= 0.3 is 24.3 Å². The molecule has 0 aliphatic rings. The maximum Gasteiger partial charge on any atom is 0.423 e. The SMILES string of the molecule is O=C(COCO)OC(C(=O)O)C(O)OC(C(F)(F)F)C(F)(F)F. The van der Waals surface area contributed by atoms with Gasteiger partial charge in [0, 0.05) is 0 Å². The highest BCUT2D eigenvalue weighted by molar-refractivity contribution is 5.78. The van der Waals surface area contributed by atoms with Gasteiger partial charge in [0.1, 0.15) is 13.4 Å². The number of aliphatic hydroxyl groups excluding tert-OH is 2. The van der Waals surface area contributed by atoms with E-state index < -0.39 is 56.2 Å². The molecule has 0 aliphatic carbocycles. The normalized spacial score (nSPS) is 15.3. The van der Waals surface area contributed by atoms with Gasteiger partial charge in [-0.05, 0) is 0 Å². The molecule has 0 saturated carbocycles. The van der Waals surface area contributed by atoms with Crippen LogP contribution in [0.3, 0.4) is 0 Å². The second-order valence-corrected chi connectivity index (χ2v) is 3.72. The van der Waals surface area contributed by atoms with Crippen LogP contribution in [0.1, 0.15) is 0 Å². The van der Waals surface area contributed by atoms with E-state index in [9.17, 15) is 35.9 Å². The number of carboxylic acid groups (broad SMARTS) is 1. The largest absolute Gasteiger partial charge is 0.478 e. The third kappa shape index (κ3) is 7.45. The molecule has 0 radical (unpaired) electrons. The Balaban J connectivity index is 5.06. The van der Waals surface area contributed by atoms with Gasteiger partial charge in [0.05, 0.1) is 0 Å². The summed E-state index contributed by atoms with van der Waals surface area (Å²) >= 11 is 0. The predicted molar refractivity (Wildman–Crippen MR) is 53.5 cm³/mol. The second kappa shape index (κ2) is 8.28. The van der Waals surface area contributed by atoms with Crippen molar-refractivity contribution >= 4 is 11.9 Å². The topological polar surface area (TPSA) is 123 Å². The van der Waals surface area contributed by atoms with Gasteiger partial charge < -0.3 is 29.5 Å². The highest BCUT2D eigenvalue weighted by Crippen LogP contribution is 2.36. The van der Waals surface area contributed by atoms with Crippen LogP contribution in [0.2, 0.25) is 0 Å². The maximum atomic E-state index is 12.2. The average molecular weight is 360 g/mol. The van der Waals surface area contributed by atoms with Gasteiger partial charge in [-0.15, -0.1) is 0 Å². The maximum absolute atomic E-state index is 12.2. The van der Waals surface area contributed by atoms with E-state index in [4.69, 9.17) is 15.3 Å². The summed E-state index contributed by atoms with van der Waals surface area (Å²) in [6.07, 6.45) is -22.7. The minimum Gasteiger partial charge on any atom is -0.478 e. The fraction of sp³-hybridized carbons (Fsp3) is 0.778. The van der Waals surface area contributed by atoms with Crippen molar-refractivity contribution in [1.29, 1.82) is 0 Å². The van der Waals surface area contributed by atoms with Crippen molar-refractivity contribution in [2.24, 2.45) is 0 Å². The van der Waals surface area contributed by atoms with Crippen molar-refractivity contribution in [3.8, 4) is 0 Å². The van der Waals surface area contributed by atoms with Gasteiger partial charge in [-0.1, -0.05) is 0 Å². The predicted octanol–water partition coefficient (Wildman–Crippen LogP) is -0.223. The number of carboxylic acids is 1. The first kappa shape index (κ1) is 21.4. The Hall–Kier alpha value is -1.64. The van der Waals surface area contributed by atoms with E-state index in [1.807, 2.05) is 0 Å². The lowest BCUT2D eigenvalue weighted by atomic mass is 10.3. The number of rotatable bonds is 8. The highest BCUT2D eigenvalue weighted by Gasteiger charge is 2.59. The van der Waals surface area contributed by atoms with Crippen LogP contribution >= 0.6 is 0 Å². The van der Waals surface area contributed by atoms with Crippen molar-refractivity contribution in [1.82, 2.24) is 0 Å². The zero-order chi connectivity index (χ0) is 18.4. The lowest BCUT2D eigenvalue weighted by Crippen LogP contribution is -2.50. The van der Waals surface area contributed by atoms with Gasteiger partial charge in [0.2, 0.25) is 12.4 Å². The van der Waals surface area contributed by atoms with Crippen LogP contribution in [0.25, 0.3) is 0 Å². The van der Waals surface area contributed by atoms with E-state index in [-0.39, 0.29) is 0 Å². The van der Waals surface area contributed by atoms with Crippen molar-refractivity contribution in [2.75, 3.05) is 13.4 Å². The van der Waals surface area contributed by atoms with Crippen LogP contribution in [-0.4, -0.2) is 71.5 Å². The molecule has 136 valence electrons. The van der Waals surface area contributed by atoms with E-state index in [0.29, 0.717) is 0 Å². The van der Waals surface area contributed by atoms with Crippen LogP contribution in [0.4, 0.5) is 26.3 Å². The number of aliphatic hydroxyl groups is 2. The van der Waals surface area contributed by atoms with Crippen molar-refractivity contribution in [3.05, 3.63) is 0 Å². The van der Waals surface area contributed by atoms with E-state index >= 15 is 0 Å². The quantitative estimate of drug-likeness (QED) is 0.308. The molecule has 0 aliphatic heterocycles. The molecule has 0 rings (SSSR count). The van der Waals surface area contributed by atoms with Gasteiger partial charge in [-0.3, -0.25) is 0 Å². The molecular formula is C9H10F6O8. The Labute approximate surface area is 123 Å². The third-order valence-electron chi connectivity index (χ3n) is 1.94. The van der Waals surface area contributed by atoms with Crippen LogP contribution < -0.4 is 0 Å². The van der Waals surface area contributed by atoms with E-state index in [1.54, 1.807) is 0 Å². The summed E-state index contributed by atoms with van der Waals surface area (Å²) in [7, 11) is 0. The molecule has 23 heavy (non-hydrogen) atoms. The van der Waals surface area contributed by atoms with Gasteiger partial charge in [-0.2, -0.15) is 26.3 Å². The van der Waals surface area contributed by atoms with Crippen LogP contribution in [0, 0.1) is 0 Å². The van der Waals surface area contributed by atoms with E-state index in [2.05, 4.69) is 14.2 Å². The summed E-state index contributed by atoms with van der Waals surface area (Å²) in [4.78, 5) is 21.6. The second-order valence-electron chi connectivity index (χ2n) is 3.72. The molecule has 0 aromatic rings. The number of alkyl halides is 6. The summed E-state index contributed by atoms with van der Waals surface area (Å²) in [5.74, 6) is -3.87. The minimum absolute atomic E-state index is 1.00. The first-order valence-corrected chi connectivity index (χ1v) is 5.38.